The molecule has 4 heteroatoms. The number of hydrogen-bond donors (Lipinski definition) is 0. The first-order valence-electron chi connectivity index (χ1n) is 11.9. The number of benzene rings is 2. The van der Waals surface area contributed by atoms with Crippen LogP contribution in [0.5, 0.6) is 0 Å². The molecule has 0 bridgehead atoms. The summed E-state index contributed by atoms with van der Waals surface area (Å²) < 4.78 is 0. The normalized spacial score (nSPS) is 27.8. The monoisotopic (exact) mass is 418 g/mol. The molecule has 1 fully saturated rings. The van der Waals surface area contributed by atoms with E-state index in [-0.39, 0.29) is 11.2 Å². The molecule has 32 heavy (non-hydrogen) atoms. The number of allylic oxidation sites excluding steroid dienone is 2. The van der Waals surface area contributed by atoms with Crippen LogP contribution in [0, 0.1) is 28.6 Å². The Kier molecular flexibility index (Phi) is 4.44. The minimum atomic E-state index is -0.241. The van der Waals surface area contributed by atoms with Crippen molar-refractivity contribution < 1.29 is 0 Å². The van der Waals surface area contributed by atoms with Gasteiger partial charge in [-0.05, 0) is 68.2 Å². The van der Waals surface area contributed by atoms with E-state index in [1.165, 1.54) is 43.4 Å². The zero-order chi connectivity index (χ0) is 21.7. The van der Waals surface area contributed by atoms with Gasteiger partial charge in [0, 0.05) is 22.8 Å². The Labute approximate surface area is 188 Å². The quantitative estimate of drug-likeness (QED) is 0.666. The largest absolute Gasteiger partial charge is 0.318 e. The summed E-state index contributed by atoms with van der Waals surface area (Å²) in [5.74, 6) is 0.877. The van der Waals surface area contributed by atoms with E-state index in [0.717, 1.165) is 30.3 Å². The minimum Gasteiger partial charge on any atom is -0.318 e. The molecule has 2 aliphatic heterocycles. The van der Waals surface area contributed by atoms with Crippen LogP contribution in [0.4, 0.5) is 5.69 Å². The number of nitrogens with zero attached hydrogens (tertiary/aromatic N) is 4. The van der Waals surface area contributed by atoms with Crippen LogP contribution in [0.1, 0.15) is 62.8 Å². The van der Waals surface area contributed by atoms with Crippen molar-refractivity contribution in [2.24, 2.45) is 10.9 Å². The molecule has 4 aliphatic rings. The summed E-state index contributed by atoms with van der Waals surface area (Å²) in [7, 11) is 0. The smallest absolute Gasteiger partial charge is 0.140 e. The first-order chi connectivity index (χ1) is 15.8. The summed E-state index contributed by atoms with van der Waals surface area (Å²) in [6.07, 6.45) is 9.39. The number of hydrogen-bond acceptors (Lipinski definition) is 4. The Hall–Kier alpha value is -3.37. The van der Waals surface area contributed by atoms with Gasteiger partial charge in [-0.2, -0.15) is 10.5 Å². The maximum atomic E-state index is 9.44. The predicted octanol–water partition coefficient (Wildman–Crippen LogP) is 4.84. The van der Waals surface area contributed by atoms with E-state index in [0.29, 0.717) is 17.1 Å². The molecule has 2 aliphatic carbocycles. The summed E-state index contributed by atoms with van der Waals surface area (Å²) in [4.78, 5) is 8.03. The highest BCUT2D eigenvalue weighted by atomic mass is 15.4. The van der Waals surface area contributed by atoms with Crippen molar-refractivity contribution in [3.05, 3.63) is 75.9 Å². The van der Waals surface area contributed by atoms with Crippen molar-refractivity contribution in [2.75, 3.05) is 4.90 Å². The van der Waals surface area contributed by atoms with Crippen LogP contribution in [0.2, 0.25) is 0 Å². The second-order valence-corrected chi connectivity index (χ2v) is 9.55. The molecule has 1 saturated carbocycles. The van der Waals surface area contributed by atoms with Gasteiger partial charge >= 0.3 is 0 Å². The summed E-state index contributed by atoms with van der Waals surface area (Å²) >= 11 is 0. The van der Waals surface area contributed by atoms with Gasteiger partial charge < -0.3 is 4.90 Å². The molecule has 2 aromatic rings. The third kappa shape index (κ3) is 2.63. The molecule has 0 radical (unpaired) electrons. The molecule has 4 nitrogen and oxygen atoms in total. The van der Waals surface area contributed by atoms with Gasteiger partial charge in [-0.3, -0.25) is 4.99 Å². The van der Waals surface area contributed by atoms with Crippen LogP contribution in [0.15, 0.2) is 64.8 Å². The van der Waals surface area contributed by atoms with Gasteiger partial charge in [0.25, 0.3) is 0 Å². The van der Waals surface area contributed by atoms with Crippen molar-refractivity contribution in [2.45, 2.75) is 62.9 Å². The second-order valence-electron chi connectivity index (χ2n) is 9.55. The average Bonchev–Trinajstić information content (AvgIpc) is 3.17. The molecule has 3 atom stereocenters. The molecular weight excluding hydrogens is 392 g/mol. The van der Waals surface area contributed by atoms with Crippen molar-refractivity contribution in [1.29, 1.82) is 10.5 Å². The zero-order valence-corrected chi connectivity index (χ0v) is 18.2. The molecule has 0 unspecified atom stereocenters. The molecular formula is C28H26N4. The van der Waals surface area contributed by atoms with E-state index >= 15 is 0 Å². The van der Waals surface area contributed by atoms with Crippen LogP contribution >= 0.6 is 0 Å². The van der Waals surface area contributed by atoms with Crippen molar-refractivity contribution >= 4 is 11.3 Å². The molecule has 0 aromatic heterocycles. The van der Waals surface area contributed by atoms with Crippen LogP contribution in [0.3, 0.4) is 0 Å². The van der Waals surface area contributed by atoms with Gasteiger partial charge in [-0.25, -0.2) is 0 Å². The Morgan fingerprint density at radius 3 is 2.59 bits per heavy atom. The van der Waals surface area contributed by atoms with E-state index in [9.17, 15) is 10.5 Å². The van der Waals surface area contributed by atoms with Gasteiger partial charge in [-0.15, -0.1) is 0 Å². The topological polar surface area (TPSA) is 63.2 Å². The fourth-order valence-corrected chi connectivity index (χ4v) is 6.81. The van der Waals surface area contributed by atoms with Crippen LogP contribution in [-0.4, -0.2) is 5.66 Å². The lowest BCUT2D eigenvalue weighted by Crippen LogP contribution is -2.57. The van der Waals surface area contributed by atoms with Gasteiger partial charge in [0.1, 0.15) is 23.4 Å². The first kappa shape index (κ1) is 19.3. The van der Waals surface area contributed by atoms with E-state index < -0.39 is 0 Å². The number of fused-ring (bicyclic) bond motifs is 3. The molecule has 0 N–H and O–H groups in total. The van der Waals surface area contributed by atoms with Crippen LogP contribution in [-0.2, 0) is 0 Å². The van der Waals surface area contributed by atoms with Gasteiger partial charge in [0.2, 0.25) is 0 Å². The summed E-state index contributed by atoms with van der Waals surface area (Å²) in [5.41, 5.74) is 5.52. The van der Waals surface area contributed by atoms with E-state index in [1.807, 2.05) is 18.2 Å². The maximum Gasteiger partial charge on any atom is 0.140 e. The fourth-order valence-electron chi connectivity index (χ4n) is 6.81. The summed E-state index contributed by atoms with van der Waals surface area (Å²) in [5, 5.41) is 20.6. The molecule has 0 saturated heterocycles. The van der Waals surface area contributed by atoms with Crippen molar-refractivity contribution in [3.8, 4) is 12.1 Å². The molecule has 158 valence electrons. The Morgan fingerprint density at radius 1 is 0.969 bits per heavy atom. The molecule has 6 rings (SSSR count). The third-order valence-corrected chi connectivity index (χ3v) is 8.02. The number of rotatable bonds is 1. The molecule has 2 aromatic carbocycles. The summed E-state index contributed by atoms with van der Waals surface area (Å²) in [6.45, 7) is 0. The third-order valence-electron chi connectivity index (χ3n) is 8.02. The highest BCUT2D eigenvalue weighted by Crippen LogP contribution is 2.59. The fraction of sp³-hybridized carbons (Fsp3) is 0.393. The summed E-state index contributed by atoms with van der Waals surface area (Å²) in [6, 6.07) is 21.2. The van der Waals surface area contributed by atoms with E-state index in [1.54, 1.807) is 5.57 Å². The Bertz CT molecular complexity index is 1310. The number of nitriles is 2. The highest BCUT2D eigenvalue weighted by Gasteiger charge is 2.57. The zero-order valence-electron chi connectivity index (χ0n) is 18.2. The SMILES string of the molecule is N#CC(C#N)=c1ccc2c(c1)N1C3=C(CCCC3)[C@@H](c3ccccc3)[C@@H]3CCCC[C@@]31N=2. The van der Waals surface area contributed by atoms with Gasteiger partial charge in [0.05, 0.1) is 11.0 Å². The molecule has 0 amide bonds. The highest BCUT2D eigenvalue weighted by molar-refractivity contribution is 5.74. The average molecular weight is 419 g/mol. The van der Waals surface area contributed by atoms with E-state index in [2.05, 4.69) is 47.4 Å². The second kappa shape index (κ2) is 7.35. The van der Waals surface area contributed by atoms with Crippen molar-refractivity contribution in [1.82, 2.24) is 0 Å². The lowest BCUT2D eigenvalue weighted by atomic mass is 9.62. The van der Waals surface area contributed by atoms with Crippen LogP contribution < -0.4 is 15.5 Å². The van der Waals surface area contributed by atoms with Crippen LogP contribution in [0.25, 0.3) is 5.57 Å². The van der Waals surface area contributed by atoms with Gasteiger partial charge in [-0.1, -0.05) is 42.8 Å². The number of anilines is 1. The minimum absolute atomic E-state index is 0.172. The van der Waals surface area contributed by atoms with E-state index in [4.69, 9.17) is 4.99 Å². The van der Waals surface area contributed by atoms with Gasteiger partial charge in [0.15, 0.2) is 0 Å². The lowest BCUT2D eigenvalue weighted by molar-refractivity contribution is 0.156. The molecule has 2 heterocycles. The Morgan fingerprint density at radius 2 is 1.78 bits per heavy atom. The first-order valence-corrected chi connectivity index (χ1v) is 11.9. The predicted molar refractivity (Wildman–Crippen MR) is 124 cm³/mol. The molecule has 1 spiro atoms. The van der Waals surface area contributed by atoms with Crippen molar-refractivity contribution in [3.63, 3.8) is 0 Å². The lowest BCUT2D eigenvalue weighted by Gasteiger charge is -2.56. The maximum absolute atomic E-state index is 9.44. The Balaban J connectivity index is 1.63. The standard InChI is InChI=1S/C28H26N4/c29-17-21(18-30)20-13-14-24-26(16-20)32-25-12-5-4-10-22(25)27(19-8-2-1-3-9-19)23-11-6-7-15-28(23,32)31-24/h1-3,8-9,13-14,16,23,27H,4-7,10-12,15H2/t23-,27+,28-/m0/s1.